The molecule has 0 aliphatic heterocycles. The molecule has 0 saturated carbocycles. The minimum absolute atomic E-state index is 0.0915. The Hall–Kier alpha value is -2.07. The molecule has 2 aromatic rings. The lowest BCUT2D eigenvalue weighted by molar-refractivity contribution is 0.112. The van der Waals surface area contributed by atoms with Gasteiger partial charge in [-0.25, -0.2) is 0 Å². The zero-order valence-electron chi connectivity index (χ0n) is 14.5. The molecule has 0 spiro atoms. The Bertz CT molecular complexity index is 676. The molecule has 122 valence electrons. The first kappa shape index (κ1) is 17.3. The Balaban J connectivity index is 2.38. The van der Waals surface area contributed by atoms with E-state index in [2.05, 4.69) is 39.2 Å². The van der Waals surface area contributed by atoms with Crippen molar-refractivity contribution in [1.29, 1.82) is 0 Å². The van der Waals surface area contributed by atoms with E-state index in [4.69, 9.17) is 4.43 Å². The lowest BCUT2D eigenvalue weighted by Crippen LogP contribution is -2.44. The minimum Gasteiger partial charge on any atom is -0.542 e. The van der Waals surface area contributed by atoms with E-state index in [1.54, 1.807) is 6.07 Å². The van der Waals surface area contributed by atoms with E-state index in [1.165, 1.54) is 0 Å². The van der Waals surface area contributed by atoms with Crippen LogP contribution in [0.25, 0.3) is 0 Å². The molecule has 0 fully saturated rings. The summed E-state index contributed by atoms with van der Waals surface area (Å²) in [6.45, 7) is 11.0. The summed E-state index contributed by atoms with van der Waals surface area (Å²) in [7, 11) is -1.99. The molecule has 0 radical (unpaired) electrons. The molecule has 4 heteroatoms. The third-order valence-electron chi connectivity index (χ3n) is 4.37. The Morgan fingerprint density at radius 3 is 2.26 bits per heavy atom. The zero-order chi connectivity index (χ0) is 17.1. The van der Waals surface area contributed by atoms with Crippen molar-refractivity contribution in [3.8, 4) is 5.75 Å². The topological polar surface area (TPSA) is 38.3 Å². The number of anilines is 2. The Kier molecular flexibility index (Phi) is 4.95. The molecule has 0 unspecified atom stereocenters. The maximum absolute atomic E-state index is 11.1. The number of aldehydes is 1. The highest BCUT2D eigenvalue weighted by Crippen LogP contribution is 2.40. The van der Waals surface area contributed by atoms with Crippen molar-refractivity contribution in [2.45, 2.75) is 38.9 Å². The first-order valence-corrected chi connectivity index (χ1v) is 10.7. The van der Waals surface area contributed by atoms with E-state index < -0.39 is 8.32 Å². The predicted molar refractivity (Wildman–Crippen MR) is 99.4 cm³/mol. The SMILES string of the molecule is CC(C)(C)[Si](C)(C)Oc1cc(C=O)ccc1Nc1ccccc1. The lowest BCUT2D eigenvalue weighted by Gasteiger charge is -2.37. The van der Waals surface area contributed by atoms with E-state index in [-0.39, 0.29) is 5.04 Å². The van der Waals surface area contributed by atoms with Crippen LogP contribution in [0, 0.1) is 0 Å². The second-order valence-corrected chi connectivity index (χ2v) is 12.0. The van der Waals surface area contributed by atoms with E-state index in [9.17, 15) is 4.79 Å². The number of carbonyl (C=O) groups is 1. The fraction of sp³-hybridized carbons (Fsp3) is 0.316. The van der Waals surface area contributed by atoms with Crippen LogP contribution >= 0.6 is 0 Å². The van der Waals surface area contributed by atoms with E-state index in [0.29, 0.717) is 5.56 Å². The van der Waals surface area contributed by atoms with Crippen molar-refractivity contribution in [1.82, 2.24) is 0 Å². The summed E-state index contributed by atoms with van der Waals surface area (Å²) >= 11 is 0. The van der Waals surface area contributed by atoms with Gasteiger partial charge in [0.1, 0.15) is 12.0 Å². The van der Waals surface area contributed by atoms with Crippen molar-refractivity contribution >= 4 is 26.0 Å². The van der Waals surface area contributed by atoms with Gasteiger partial charge in [0.2, 0.25) is 0 Å². The number of nitrogens with one attached hydrogen (secondary N) is 1. The standard InChI is InChI=1S/C19H25NO2Si/c1-19(2,3)23(4,5)22-18-13-15(14-21)11-12-17(18)20-16-9-7-6-8-10-16/h6-14,20H,1-5H3. The average molecular weight is 328 g/mol. The van der Waals surface area contributed by atoms with Gasteiger partial charge in [-0.3, -0.25) is 4.79 Å². The van der Waals surface area contributed by atoms with Crippen LogP contribution < -0.4 is 9.74 Å². The van der Waals surface area contributed by atoms with Crippen LogP contribution in [0.1, 0.15) is 31.1 Å². The monoisotopic (exact) mass is 327 g/mol. The van der Waals surface area contributed by atoms with Crippen LogP contribution in [0.3, 0.4) is 0 Å². The predicted octanol–water partition coefficient (Wildman–Crippen LogP) is 5.63. The highest BCUT2D eigenvalue weighted by Gasteiger charge is 2.39. The lowest BCUT2D eigenvalue weighted by atomic mass is 10.2. The van der Waals surface area contributed by atoms with Crippen molar-refractivity contribution in [2.75, 3.05) is 5.32 Å². The third kappa shape index (κ3) is 4.23. The molecular weight excluding hydrogens is 302 g/mol. The van der Waals surface area contributed by atoms with Gasteiger partial charge < -0.3 is 9.74 Å². The average Bonchev–Trinajstić information content (AvgIpc) is 2.48. The van der Waals surface area contributed by atoms with Gasteiger partial charge in [-0.2, -0.15) is 0 Å². The first-order chi connectivity index (χ1) is 10.7. The fourth-order valence-corrected chi connectivity index (χ4v) is 2.93. The van der Waals surface area contributed by atoms with Crippen LogP contribution in [0.4, 0.5) is 11.4 Å². The summed E-state index contributed by atoms with van der Waals surface area (Å²) < 4.78 is 6.43. The number of hydrogen-bond donors (Lipinski definition) is 1. The number of hydrogen-bond acceptors (Lipinski definition) is 3. The Labute approximate surface area is 139 Å². The Morgan fingerprint density at radius 1 is 1.04 bits per heavy atom. The van der Waals surface area contributed by atoms with Gasteiger partial charge in [-0.15, -0.1) is 0 Å². The maximum atomic E-state index is 11.1. The summed E-state index contributed by atoms with van der Waals surface area (Å²) in [6, 6.07) is 15.5. The second kappa shape index (κ2) is 6.58. The van der Waals surface area contributed by atoms with E-state index in [0.717, 1.165) is 23.4 Å². The summed E-state index contributed by atoms with van der Waals surface area (Å²) in [5, 5.41) is 3.47. The van der Waals surface area contributed by atoms with Crippen LogP contribution in [0.15, 0.2) is 48.5 Å². The van der Waals surface area contributed by atoms with Crippen LogP contribution in [-0.2, 0) is 0 Å². The molecule has 1 N–H and O–H groups in total. The molecule has 0 aromatic heterocycles. The summed E-state index contributed by atoms with van der Waals surface area (Å²) in [4.78, 5) is 11.1. The van der Waals surface area contributed by atoms with Crippen LogP contribution in [-0.4, -0.2) is 14.6 Å². The number of para-hydroxylation sites is 1. The summed E-state index contributed by atoms with van der Waals surface area (Å²) in [6.07, 6.45) is 0.852. The Morgan fingerprint density at radius 2 is 1.70 bits per heavy atom. The summed E-state index contributed by atoms with van der Waals surface area (Å²) in [5.74, 6) is 0.741. The molecule has 0 amide bonds. The molecule has 23 heavy (non-hydrogen) atoms. The van der Waals surface area contributed by atoms with Gasteiger partial charge in [0.05, 0.1) is 5.69 Å². The maximum Gasteiger partial charge on any atom is 0.250 e. The molecular formula is C19H25NO2Si. The minimum atomic E-state index is -1.99. The van der Waals surface area contributed by atoms with Gasteiger partial charge in [0.25, 0.3) is 8.32 Å². The van der Waals surface area contributed by atoms with E-state index in [1.807, 2.05) is 42.5 Å². The highest BCUT2D eigenvalue weighted by molar-refractivity contribution is 6.74. The normalized spacial score (nSPS) is 11.9. The van der Waals surface area contributed by atoms with Crippen molar-refractivity contribution in [3.63, 3.8) is 0 Å². The number of rotatable bonds is 5. The third-order valence-corrected chi connectivity index (χ3v) is 8.71. The largest absolute Gasteiger partial charge is 0.542 e. The molecule has 3 nitrogen and oxygen atoms in total. The highest BCUT2D eigenvalue weighted by atomic mass is 28.4. The van der Waals surface area contributed by atoms with Crippen molar-refractivity contribution < 1.29 is 9.22 Å². The smallest absolute Gasteiger partial charge is 0.250 e. The number of carbonyl (C=O) groups excluding carboxylic acids is 1. The van der Waals surface area contributed by atoms with Gasteiger partial charge in [-0.1, -0.05) is 39.0 Å². The fourth-order valence-electron chi connectivity index (χ4n) is 1.90. The molecule has 0 aliphatic rings. The van der Waals surface area contributed by atoms with Crippen LogP contribution in [0.5, 0.6) is 5.75 Å². The van der Waals surface area contributed by atoms with Crippen molar-refractivity contribution in [2.24, 2.45) is 0 Å². The first-order valence-electron chi connectivity index (χ1n) is 7.83. The van der Waals surface area contributed by atoms with Gasteiger partial charge in [0.15, 0.2) is 0 Å². The van der Waals surface area contributed by atoms with Crippen molar-refractivity contribution in [3.05, 3.63) is 54.1 Å². The van der Waals surface area contributed by atoms with E-state index >= 15 is 0 Å². The molecule has 0 aliphatic carbocycles. The number of benzene rings is 2. The van der Waals surface area contributed by atoms with Crippen LogP contribution in [0.2, 0.25) is 18.1 Å². The second-order valence-electron chi connectivity index (χ2n) is 7.23. The van der Waals surface area contributed by atoms with Gasteiger partial charge >= 0.3 is 0 Å². The molecule has 0 bridgehead atoms. The van der Waals surface area contributed by atoms with Gasteiger partial charge in [-0.05, 0) is 48.5 Å². The summed E-state index contributed by atoms with van der Waals surface area (Å²) in [5.41, 5.74) is 2.50. The molecule has 0 atom stereocenters. The quantitative estimate of drug-likeness (QED) is 0.571. The van der Waals surface area contributed by atoms with Gasteiger partial charge in [0, 0.05) is 11.3 Å². The molecule has 2 aromatic carbocycles. The molecule has 0 heterocycles. The zero-order valence-corrected chi connectivity index (χ0v) is 15.5. The molecule has 2 rings (SSSR count). The molecule has 0 saturated heterocycles.